The maximum atomic E-state index is 12.5. The van der Waals surface area contributed by atoms with Crippen LogP contribution in [0.5, 0.6) is 0 Å². The third-order valence-electron chi connectivity index (χ3n) is 4.76. The van der Waals surface area contributed by atoms with Crippen molar-refractivity contribution in [2.75, 3.05) is 12.4 Å². The molecule has 2 rings (SSSR count). The van der Waals surface area contributed by atoms with E-state index in [1.54, 1.807) is 0 Å². The highest BCUT2D eigenvalue weighted by Crippen LogP contribution is 2.29. The number of rotatable bonds is 4. The van der Waals surface area contributed by atoms with Gasteiger partial charge in [0.25, 0.3) is 0 Å². The average Bonchev–Trinajstić information content (AvgIpc) is 2.87. The van der Waals surface area contributed by atoms with E-state index in [0.29, 0.717) is 11.7 Å². The van der Waals surface area contributed by atoms with Crippen LogP contribution in [0.4, 0.5) is 10.5 Å². The van der Waals surface area contributed by atoms with Gasteiger partial charge in [0.15, 0.2) is 5.76 Å². The van der Waals surface area contributed by atoms with E-state index in [2.05, 4.69) is 17.4 Å². The standard InChI is InChI=1S/C16H27N3O2/c1-5-14-15(12(3)21-18-14)17-16(20)19(4)11(2)13-9-7-6-8-10-13/h11,13H,5-10H2,1-4H3,(H,17,20)/t11-/m0/s1. The lowest BCUT2D eigenvalue weighted by atomic mass is 9.84. The van der Waals surface area contributed by atoms with Crippen LogP contribution >= 0.6 is 0 Å². The summed E-state index contributed by atoms with van der Waals surface area (Å²) in [4.78, 5) is 14.3. The van der Waals surface area contributed by atoms with Crippen LogP contribution in [-0.2, 0) is 6.42 Å². The summed E-state index contributed by atoms with van der Waals surface area (Å²) in [5, 5.41) is 6.93. The molecule has 5 heteroatoms. The molecule has 5 nitrogen and oxygen atoms in total. The van der Waals surface area contributed by atoms with Crippen molar-refractivity contribution in [1.29, 1.82) is 0 Å². The van der Waals surface area contributed by atoms with E-state index in [-0.39, 0.29) is 12.1 Å². The molecule has 0 bridgehead atoms. The van der Waals surface area contributed by atoms with Gasteiger partial charge >= 0.3 is 6.03 Å². The molecular formula is C16H27N3O2. The fraction of sp³-hybridized carbons (Fsp3) is 0.750. The Labute approximate surface area is 127 Å². The fourth-order valence-electron chi connectivity index (χ4n) is 3.13. The molecule has 21 heavy (non-hydrogen) atoms. The second-order valence-electron chi connectivity index (χ2n) is 6.09. The van der Waals surface area contributed by atoms with Crippen molar-refractivity contribution in [3.8, 4) is 0 Å². The molecule has 1 aromatic rings. The minimum absolute atomic E-state index is 0.0749. The lowest BCUT2D eigenvalue weighted by Crippen LogP contribution is -2.43. The zero-order chi connectivity index (χ0) is 15.4. The number of carbonyl (C=O) groups excluding carboxylic acids is 1. The van der Waals surface area contributed by atoms with Crippen LogP contribution in [-0.4, -0.2) is 29.2 Å². The van der Waals surface area contributed by atoms with Gasteiger partial charge in [0, 0.05) is 13.1 Å². The van der Waals surface area contributed by atoms with E-state index in [1.807, 2.05) is 25.8 Å². The fourth-order valence-corrected chi connectivity index (χ4v) is 3.13. The number of nitrogens with one attached hydrogen (secondary N) is 1. The van der Waals surface area contributed by atoms with Crippen molar-refractivity contribution in [3.05, 3.63) is 11.5 Å². The average molecular weight is 293 g/mol. The van der Waals surface area contributed by atoms with Gasteiger partial charge in [-0.25, -0.2) is 4.79 Å². The molecule has 1 aliphatic carbocycles. The lowest BCUT2D eigenvalue weighted by molar-refractivity contribution is 0.167. The Morgan fingerprint density at radius 3 is 2.71 bits per heavy atom. The molecule has 0 radical (unpaired) electrons. The Morgan fingerprint density at radius 2 is 2.10 bits per heavy atom. The van der Waals surface area contributed by atoms with E-state index in [9.17, 15) is 4.79 Å². The minimum Gasteiger partial charge on any atom is -0.359 e. The predicted molar refractivity (Wildman–Crippen MR) is 83.4 cm³/mol. The molecule has 118 valence electrons. The molecule has 0 unspecified atom stereocenters. The molecule has 0 spiro atoms. The van der Waals surface area contributed by atoms with Gasteiger partial charge in [-0.15, -0.1) is 0 Å². The number of hydrogen-bond acceptors (Lipinski definition) is 3. The quantitative estimate of drug-likeness (QED) is 0.913. The number of nitrogens with zero attached hydrogens (tertiary/aromatic N) is 2. The Morgan fingerprint density at radius 1 is 1.43 bits per heavy atom. The smallest absolute Gasteiger partial charge is 0.321 e. The molecular weight excluding hydrogens is 266 g/mol. The van der Waals surface area contributed by atoms with Gasteiger partial charge in [0.1, 0.15) is 11.4 Å². The summed E-state index contributed by atoms with van der Waals surface area (Å²) in [5.41, 5.74) is 1.53. The molecule has 1 N–H and O–H groups in total. The van der Waals surface area contributed by atoms with Crippen molar-refractivity contribution in [3.63, 3.8) is 0 Å². The van der Waals surface area contributed by atoms with Gasteiger partial charge in [0.2, 0.25) is 0 Å². The number of urea groups is 1. The summed E-state index contributed by atoms with van der Waals surface area (Å²) < 4.78 is 5.16. The van der Waals surface area contributed by atoms with Gasteiger partial charge in [-0.1, -0.05) is 31.3 Å². The lowest BCUT2D eigenvalue weighted by Gasteiger charge is -2.34. The molecule has 1 aromatic heterocycles. The first kappa shape index (κ1) is 15.9. The maximum Gasteiger partial charge on any atom is 0.321 e. The van der Waals surface area contributed by atoms with Gasteiger partial charge in [-0.3, -0.25) is 0 Å². The summed E-state index contributed by atoms with van der Waals surface area (Å²) in [6.07, 6.45) is 7.11. The van der Waals surface area contributed by atoms with Crippen LogP contribution in [0.15, 0.2) is 4.52 Å². The van der Waals surface area contributed by atoms with E-state index in [0.717, 1.165) is 17.8 Å². The molecule has 2 amide bonds. The monoisotopic (exact) mass is 293 g/mol. The van der Waals surface area contributed by atoms with Crippen LogP contribution in [0.1, 0.15) is 57.4 Å². The number of aromatic nitrogens is 1. The second-order valence-corrected chi connectivity index (χ2v) is 6.09. The second kappa shape index (κ2) is 6.96. The molecule has 0 saturated heterocycles. The number of anilines is 1. The Balaban J connectivity index is 2.00. The van der Waals surface area contributed by atoms with Crippen molar-refractivity contribution in [1.82, 2.24) is 10.1 Å². The molecule has 0 aromatic carbocycles. The third-order valence-corrected chi connectivity index (χ3v) is 4.76. The third kappa shape index (κ3) is 3.57. The minimum atomic E-state index is -0.0749. The number of amides is 2. The Kier molecular flexibility index (Phi) is 5.26. The predicted octanol–water partition coefficient (Wildman–Crippen LogP) is 3.98. The number of hydrogen-bond donors (Lipinski definition) is 1. The molecule has 1 heterocycles. The van der Waals surface area contributed by atoms with Crippen molar-refractivity contribution in [2.24, 2.45) is 5.92 Å². The van der Waals surface area contributed by atoms with Gasteiger partial charge in [-0.2, -0.15) is 0 Å². The highest BCUT2D eigenvalue weighted by Gasteiger charge is 2.27. The van der Waals surface area contributed by atoms with Crippen LogP contribution in [0.3, 0.4) is 0 Å². The van der Waals surface area contributed by atoms with E-state index < -0.39 is 0 Å². The summed E-state index contributed by atoms with van der Waals surface area (Å²) in [7, 11) is 1.88. The zero-order valence-electron chi connectivity index (χ0n) is 13.6. The van der Waals surface area contributed by atoms with Gasteiger partial charge < -0.3 is 14.7 Å². The van der Waals surface area contributed by atoms with Crippen LogP contribution in [0.2, 0.25) is 0 Å². The van der Waals surface area contributed by atoms with E-state index in [1.165, 1.54) is 32.1 Å². The summed E-state index contributed by atoms with van der Waals surface area (Å²) in [6.45, 7) is 5.98. The Bertz CT molecular complexity index is 478. The van der Waals surface area contributed by atoms with Crippen LogP contribution in [0.25, 0.3) is 0 Å². The van der Waals surface area contributed by atoms with Crippen molar-refractivity contribution in [2.45, 2.75) is 65.3 Å². The molecule has 1 atom stereocenters. The first-order chi connectivity index (χ1) is 10.0. The Hall–Kier alpha value is -1.52. The maximum absolute atomic E-state index is 12.5. The normalized spacial score (nSPS) is 17.5. The topological polar surface area (TPSA) is 58.4 Å². The highest BCUT2D eigenvalue weighted by atomic mass is 16.5. The molecule has 1 saturated carbocycles. The van der Waals surface area contributed by atoms with Crippen LogP contribution < -0.4 is 5.32 Å². The van der Waals surface area contributed by atoms with E-state index >= 15 is 0 Å². The van der Waals surface area contributed by atoms with Gasteiger partial charge in [0.05, 0.1) is 0 Å². The molecule has 1 aliphatic rings. The van der Waals surface area contributed by atoms with Crippen molar-refractivity contribution < 1.29 is 9.32 Å². The highest BCUT2D eigenvalue weighted by molar-refractivity contribution is 5.90. The summed E-state index contributed by atoms with van der Waals surface area (Å²) >= 11 is 0. The van der Waals surface area contributed by atoms with Crippen LogP contribution in [0, 0.1) is 12.8 Å². The summed E-state index contributed by atoms with van der Waals surface area (Å²) in [5.74, 6) is 1.28. The molecule has 1 fully saturated rings. The first-order valence-corrected chi connectivity index (χ1v) is 8.03. The van der Waals surface area contributed by atoms with Crippen molar-refractivity contribution >= 4 is 11.7 Å². The van der Waals surface area contributed by atoms with Gasteiger partial charge in [-0.05, 0) is 39.0 Å². The number of carbonyl (C=O) groups is 1. The molecule has 0 aliphatic heterocycles. The largest absolute Gasteiger partial charge is 0.359 e. The number of aryl methyl sites for hydroxylation is 2. The summed E-state index contributed by atoms with van der Waals surface area (Å²) in [6, 6.07) is 0.185. The van der Waals surface area contributed by atoms with E-state index in [4.69, 9.17) is 4.52 Å². The first-order valence-electron chi connectivity index (χ1n) is 8.03. The zero-order valence-corrected chi connectivity index (χ0v) is 13.6. The SMILES string of the molecule is CCc1noc(C)c1NC(=O)N(C)[C@@H](C)C1CCCCC1.